The molecule has 0 radical (unpaired) electrons. The summed E-state index contributed by atoms with van der Waals surface area (Å²) in [5.74, 6) is 0.759. The van der Waals surface area contributed by atoms with Gasteiger partial charge in [-0.2, -0.15) is 0 Å². The third-order valence-corrected chi connectivity index (χ3v) is 2.88. The molecular formula is C13H14BrN3. The van der Waals surface area contributed by atoms with Crippen molar-refractivity contribution >= 4 is 15.9 Å². The number of hydrogen-bond donors (Lipinski definition) is 1. The van der Waals surface area contributed by atoms with Gasteiger partial charge in [-0.25, -0.2) is 9.97 Å². The molecule has 2 N–H and O–H groups in total. The average Bonchev–Trinajstić information content (AvgIpc) is 2.28. The van der Waals surface area contributed by atoms with E-state index in [1.807, 2.05) is 37.3 Å². The summed E-state index contributed by atoms with van der Waals surface area (Å²) >= 11 is 3.45. The average molecular weight is 292 g/mol. The lowest BCUT2D eigenvalue weighted by molar-refractivity contribution is 0.904. The summed E-state index contributed by atoms with van der Waals surface area (Å²) in [4.78, 5) is 8.98. The van der Waals surface area contributed by atoms with Crippen LogP contribution in [0.2, 0.25) is 0 Å². The van der Waals surface area contributed by atoms with Crippen molar-refractivity contribution in [2.75, 3.05) is 6.54 Å². The molecule has 0 fully saturated rings. The summed E-state index contributed by atoms with van der Waals surface area (Å²) in [7, 11) is 0. The lowest BCUT2D eigenvalue weighted by atomic mass is 10.2. The smallest absolute Gasteiger partial charge is 0.159 e. The summed E-state index contributed by atoms with van der Waals surface area (Å²) in [6.45, 7) is 2.58. The fourth-order valence-electron chi connectivity index (χ4n) is 1.67. The van der Waals surface area contributed by atoms with Crippen LogP contribution in [0.3, 0.4) is 0 Å². The molecule has 0 atom stereocenters. The number of nitrogens with zero attached hydrogens (tertiary/aromatic N) is 2. The monoisotopic (exact) mass is 291 g/mol. The molecule has 0 unspecified atom stereocenters. The van der Waals surface area contributed by atoms with Crippen molar-refractivity contribution in [3.05, 3.63) is 46.2 Å². The van der Waals surface area contributed by atoms with Crippen molar-refractivity contribution in [1.82, 2.24) is 9.97 Å². The summed E-state index contributed by atoms with van der Waals surface area (Å²) in [5, 5.41) is 0. The first-order valence-corrected chi connectivity index (χ1v) is 6.29. The molecule has 0 spiro atoms. The summed E-state index contributed by atoms with van der Waals surface area (Å²) in [5.41, 5.74) is 8.54. The van der Waals surface area contributed by atoms with Crippen LogP contribution in [0.5, 0.6) is 0 Å². The maximum atomic E-state index is 5.56. The van der Waals surface area contributed by atoms with Crippen LogP contribution in [0.1, 0.15) is 11.4 Å². The van der Waals surface area contributed by atoms with Gasteiger partial charge in [-0.1, -0.05) is 28.1 Å². The number of aromatic nitrogens is 2. The Bertz CT molecular complexity index is 526. The second-order valence-electron chi connectivity index (χ2n) is 3.87. The van der Waals surface area contributed by atoms with Gasteiger partial charge in [-0.05, 0) is 31.7 Å². The molecule has 0 bridgehead atoms. The zero-order valence-electron chi connectivity index (χ0n) is 9.65. The van der Waals surface area contributed by atoms with Crippen LogP contribution in [0.25, 0.3) is 11.4 Å². The molecular weight excluding hydrogens is 278 g/mol. The van der Waals surface area contributed by atoms with E-state index in [9.17, 15) is 0 Å². The van der Waals surface area contributed by atoms with Gasteiger partial charge in [0.05, 0.1) is 0 Å². The quantitative estimate of drug-likeness (QED) is 0.946. The molecule has 0 aliphatic heterocycles. The van der Waals surface area contributed by atoms with Gasteiger partial charge in [0.25, 0.3) is 0 Å². The summed E-state index contributed by atoms with van der Waals surface area (Å²) < 4.78 is 1.03. The molecule has 3 nitrogen and oxygen atoms in total. The minimum Gasteiger partial charge on any atom is -0.330 e. The highest BCUT2D eigenvalue weighted by Crippen LogP contribution is 2.20. The normalized spacial score (nSPS) is 10.5. The van der Waals surface area contributed by atoms with Crippen LogP contribution in [-0.4, -0.2) is 16.5 Å². The van der Waals surface area contributed by atoms with E-state index < -0.39 is 0 Å². The minimum atomic E-state index is 0.606. The van der Waals surface area contributed by atoms with E-state index in [0.29, 0.717) is 6.54 Å². The van der Waals surface area contributed by atoms with Crippen molar-refractivity contribution in [3.63, 3.8) is 0 Å². The zero-order chi connectivity index (χ0) is 12.3. The predicted octanol–water partition coefficient (Wildman–Crippen LogP) is 2.72. The Kier molecular flexibility index (Phi) is 3.86. The van der Waals surface area contributed by atoms with Gasteiger partial charge in [0, 0.05) is 27.8 Å². The van der Waals surface area contributed by atoms with E-state index in [0.717, 1.165) is 33.7 Å². The minimum absolute atomic E-state index is 0.606. The Balaban J connectivity index is 2.44. The first-order valence-electron chi connectivity index (χ1n) is 5.49. The van der Waals surface area contributed by atoms with Crippen molar-refractivity contribution in [2.45, 2.75) is 13.3 Å². The largest absolute Gasteiger partial charge is 0.330 e. The zero-order valence-corrected chi connectivity index (χ0v) is 11.2. The maximum absolute atomic E-state index is 5.56. The van der Waals surface area contributed by atoms with Gasteiger partial charge < -0.3 is 5.73 Å². The maximum Gasteiger partial charge on any atom is 0.159 e. The van der Waals surface area contributed by atoms with Crippen molar-refractivity contribution in [1.29, 1.82) is 0 Å². The van der Waals surface area contributed by atoms with Crippen molar-refractivity contribution in [3.8, 4) is 11.4 Å². The Hall–Kier alpha value is -1.26. The summed E-state index contributed by atoms with van der Waals surface area (Å²) in [6, 6.07) is 9.97. The molecule has 88 valence electrons. The third kappa shape index (κ3) is 3.11. The van der Waals surface area contributed by atoms with E-state index in [1.165, 1.54) is 0 Å². The van der Waals surface area contributed by atoms with E-state index in [-0.39, 0.29) is 0 Å². The Morgan fingerprint density at radius 3 is 2.76 bits per heavy atom. The van der Waals surface area contributed by atoms with Crippen LogP contribution in [0.4, 0.5) is 0 Å². The lowest BCUT2D eigenvalue weighted by Crippen LogP contribution is -2.06. The molecule has 0 saturated carbocycles. The van der Waals surface area contributed by atoms with Gasteiger partial charge >= 0.3 is 0 Å². The fourth-order valence-corrected chi connectivity index (χ4v) is 2.07. The van der Waals surface area contributed by atoms with Crippen LogP contribution in [0.15, 0.2) is 34.8 Å². The molecule has 2 rings (SSSR count). The first kappa shape index (κ1) is 12.2. The molecule has 1 aromatic carbocycles. The molecule has 1 aromatic heterocycles. The molecule has 2 aromatic rings. The fraction of sp³-hybridized carbons (Fsp3) is 0.231. The highest BCUT2D eigenvalue weighted by molar-refractivity contribution is 9.10. The SMILES string of the molecule is Cc1cc(CCN)nc(-c2cccc(Br)c2)n1. The molecule has 0 amide bonds. The number of benzene rings is 1. The molecule has 0 saturated heterocycles. The van der Waals surface area contributed by atoms with Gasteiger partial charge in [0.1, 0.15) is 0 Å². The molecule has 0 aliphatic carbocycles. The number of nitrogens with two attached hydrogens (primary N) is 1. The van der Waals surface area contributed by atoms with E-state index >= 15 is 0 Å². The van der Waals surface area contributed by atoms with Gasteiger partial charge in [-0.3, -0.25) is 0 Å². The van der Waals surface area contributed by atoms with Gasteiger partial charge in [0.15, 0.2) is 5.82 Å². The number of aryl methyl sites for hydroxylation is 1. The number of halogens is 1. The van der Waals surface area contributed by atoms with E-state index in [4.69, 9.17) is 5.73 Å². The van der Waals surface area contributed by atoms with E-state index in [2.05, 4.69) is 25.9 Å². The molecule has 17 heavy (non-hydrogen) atoms. The van der Waals surface area contributed by atoms with Crippen LogP contribution in [-0.2, 0) is 6.42 Å². The summed E-state index contributed by atoms with van der Waals surface area (Å²) in [6.07, 6.45) is 0.782. The highest BCUT2D eigenvalue weighted by atomic mass is 79.9. The van der Waals surface area contributed by atoms with Crippen molar-refractivity contribution < 1.29 is 0 Å². The predicted molar refractivity (Wildman–Crippen MR) is 72.7 cm³/mol. The highest BCUT2D eigenvalue weighted by Gasteiger charge is 2.05. The Morgan fingerprint density at radius 2 is 2.06 bits per heavy atom. The second kappa shape index (κ2) is 5.38. The standard InChI is InChI=1S/C13H14BrN3/c1-9-7-12(5-6-15)17-13(16-9)10-3-2-4-11(14)8-10/h2-4,7-8H,5-6,15H2,1H3. The Morgan fingerprint density at radius 1 is 1.24 bits per heavy atom. The molecule has 4 heteroatoms. The van der Waals surface area contributed by atoms with Crippen LogP contribution >= 0.6 is 15.9 Å². The number of hydrogen-bond acceptors (Lipinski definition) is 3. The molecule has 0 aliphatic rings. The number of rotatable bonds is 3. The van der Waals surface area contributed by atoms with Gasteiger partial charge in [0.2, 0.25) is 0 Å². The second-order valence-corrected chi connectivity index (χ2v) is 4.79. The third-order valence-electron chi connectivity index (χ3n) is 2.39. The Labute approximate surface area is 109 Å². The van der Waals surface area contributed by atoms with Crippen LogP contribution in [0, 0.1) is 6.92 Å². The first-order chi connectivity index (χ1) is 8.19. The van der Waals surface area contributed by atoms with Crippen molar-refractivity contribution in [2.24, 2.45) is 5.73 Å². The lowest BCUT2D eigenvalue weighted by Gasteiger charge is -2.05. The molecule has 1 heterocycles. The topological polar surface area (TPSA) is 51.8 Å². The van der Waals surface area contributed by atoms with Crippen LogP contribution < -0.4 is 5.73 Å². The van der Waals surface area contributed by atoms with E-state index in [1.54, 1.807) is 0 Å². The van der Waals surface area contributed by atoms with Gasteiger partial charge in [-0.15, -0.1) is 0 Å².